The molecular weight excluding hydrogens is 620 g/mol. The van der Waals surface area contributed by atoms with Gasteiger partial charge in [0.1, 0.15) is 6.61 Å². The molecule has 0 aromatic rings. The Labute approximate surface area is 307 Å². The highest BCUT2D eigenvalue weighted by atomic mass is 16.6. The molecule has 1 N–H and O–H groups in total. The molecule has 0 bridgehead atoms. The molecule has 0 amide bonds. The maximum absolute atomic E-state index is 12.2. The maximum atomic E-state index is 12.2. The van der Waals surface area contributed by atoms with Crippen molar-refractivity contribution in [2.75, 3.05) is 13.2 Å². The second-order valence-corrected chi connectivity index (χ2v) is 12.6. The molecule has 0 fully saturated rings. The first-order valence-corrected chi connectivity index (χ1v) is 19.8. The van der Waals surface area contributed by atoms with Gasteiger partial charge in [0.2, 0.25) is 0 Å². The molecule has 0 aliphatic carbocycles. The number of allylic oxidation sites excluding steroid dienone is 16. The van der Waals surface area contributed by atoms with E-state index in [4.69, 9.17) is 9.47 Å². The number of aliphatic hydroxyl groups excluding tert-OH is 1. The van der Waals surface area contributed by atoms with Crippen LogP contribution in [0.4, 0.5) is 0 Å². The van der Waals surface area contributed by atoms with E-state index in [0.29, 0.717) is 12.8 Å². The van der Waals surface area contributed by atoms with E-state index < -0.39 is 6.10 Å². The largest absolute Gasteiger partial charge is 0.462 e. The Morgan fingerprint density at radius 1 is 0.480 bits per heavy atom. The van der Waals surface area contributed by atoms with E-state index in [1.54, 1.807) is 0 Å². The number of hydrogen-bond donors (Lipinski definition) is 1. The molecule has 0 unspecified atom stereocenters. The Kier molecular flexibility index (Phi) is 37.7. The van der Waals surface area contributed by atoms with Gasteiger partial charge in [-0.15, -0.1) is 0 Å². The third-order valence-electron chi connectivity index (χ3n) is 7.88. The summed E-state index contributed by atoms with van der Waals surface area (Å²) in [5.74, 6) is -0.707. The van der Waals surface area contributed by atoms with Crippen molar-refractivity contribution in [1.29, 1.82) is 0 Å². The number of rotatable bonds is 34. The molecule has 50 heavy (non-hydrogen) atoms. The molecule has 0 aliphatic heterocycles. The maximum Gasteiger partial charge on any atom is 0.306 e. The van der Waals surface area contributed by atoms with Gasteiger partial charge in [0.15, 0.2) is 6.10 Å². The molecule has 0 rings (SSSR count). The monoisotopic (exact) mass is 693 g/mol. The smallest absolute Gasteiger partial charge is 0.306 e. The van der Waals surface area contributed by atoms with Crippen LogP contribution >= 0.6 is 0 Å². The zero-order valence-electron chi connectivity index (χ0n) is 31.9. The van der Waals surface area contributed by atoms with Gasteiger partial charge in [0.05, 0.1) is 6.61 Å². The minimum absolute atomic E-state index is 0.115. The fourth-order valence-electron chi connectivity index (χ4n) is 4.90. The Bertz CT molecular complexity index is 1010. The SMILES string of the molecule is CCC=CCC=CCC=CCC=CCC=CCC=CCCC(=O)OC[C@H](CO)OC(=O)CCCCCCCCCC=CCC=CCCCCC. The van der Waals surface area contributed by atoms with Gasteiger partial charge in [0.25, 0.3) is 0 Å². The van der Waals surface area contributed by atoms with Crippen LogP contribution in [0.3, 0.4) is 0 Å². The Hall–Kier alpha value is -3.18. The van der Waals surface area contributed by atoms with Crippen LogP contribution in [0.2, 0.25) is 0 Å². The molecule has 282 valence electrons. The molecule has 0 aliphatic rings. The van der Waals surface area contributed by atoms with Gasteiger partial charge < -0.3 is 14.6 Å². The number of esters is 2. The number of unbranched alkanes of at least 4 members (excludes halogenated alkanes) is 10. The van der Waals surface area contributed by atoms with Crippen LogP contribution in [0.15, 0.2) is 97.2 Å². The molecule has 1 atom stereocenters. The van der Waals surface area contributed by atoms with Crippen molar-refractivity contribution >= 4 is 11.9 Å². The molecule has 0 radical (unpaired) electrons. The second-order valence-electron chi connectivity index (χ2n) is 12.6. The van der Waals surface area contributed by atoms with Crippen molar-refractivity contribution in [1.82, 2.24) is 0 Å². The normalized spacial score (nSPS) is 13.3. The fourth-order valence-corrected chi connectivity index (χ4v) is 4.90. The van der Waals surface area contributed by atoms with Gasteiger partial charge in [-0.05, 0) is 83.5 Å². The molecular formula is C45H72O5. The predicted octanol–water partition coefficient (Wildman–Crippen LogP) is 12.5. The molecule has 0 aromatic carbocycles. The molecule has 0 saturated carbocycles. The standard InChI is InChI=1S/C45H72O5/c1-3-5-7-9-11-13-15-17-19-21-22-24-25-27-29-31-33-35-37-39-44(47)49-42-43(41-46)50-45(48)40-38-36-34-32-30-28-26-23-20-18-16-14-12-10-8-6-4-2/h5,7,11-14,17-20,22,24,27,29,33,35,43,46H,3-4,6,8-10,15-16,21,23,25-26,28,30-32,34,36-42H2,1-2H3/t43-/m0/s1. The van der Waals surface area contributed by atoms with Crippen LogP contribution in [0.5, 0.6) is 0 Å². The lowest BCUT2D eigenvalue weighted by Gasteiger charge is -2.15. The molecule has 0 saturated heterocycles. The molecule has 5 nitrogen and oxygen atoms in total. The summed E-state index contributed by atoms with van der Waals surface area (Å²) in [5.41, 5.74) is 0. The van der Waals surface area contributed by atoms with E-state index in [9.17, 15) is 14.7 Å². The van der Waals surface area contributed by atoms with Crippen molar-refractivity contribution in [3.63, 3.8) is 0 Å². The lowest BCUT2D eigenvalue weighted by Crippen LogP contribution is -2.28. The van der Waals surface area contributed by atoms with Crippen LogP contribution < -0.4 is 0 Å². The van der Waals surface area contributed by atoms with E-state index in [1.165, 1.54) is 51.4 Å². The third kappa shape index (κ3) is 37.6. The molecule has 0 heterocycles. The number of carbonyl (C=O) groups excluding carboxylic acids is 2. The quantitative estimate of drug-likeness (QED) is 0.0413. The third-order valence-corrected chi connectivity index (χ3v) is 7.88. The van der Waals surface area contributed by atoms with Crippen LogP contribution in [-0.2, 0) is 19.1 Å². The van der Waals surface area contributed by atoms with Crippen molar-refractivity contribution in [2.24, 2.45) is 0 Å². The first-order valence-electron chi connectivity index (χ1n) is 19.8. The van der Waals surface area contributed by atoms with E-state index >= 15 is 0 Å². The van der Waals surface area contributed by atoms with Crippen molar-refractivity contribution in [3.05, 3.63) is 97.2 Å². The summed E-state index contributed by atoms with van der Waals surface area (Å²) in [7, 11) is 0. The second kappa shape index (κ2) is 40.3. The summed E-state index contributed by atoms with van der Waals surface area (Å²) in [6.07, 6.45) is 56.2. The number of hydrogen-bond acceptors (Lipinski definition) is 5. The predicted molar refractivity (Wildman–Crippen MR) is 214 cm³/mol. The van der Waals surface area contributed by atoms with Gasteiger partial charge in [-0.25, -0.2) is 0 Å². The van der Waals surface area contributed by atoms with Crippen LogP contribution in [0.1, 0.15) is 155 Å². The van der Waals surface area contributed by atoms with Gasteiger partial charge in [-0.3, -0.25) is 9.59 Å². The number of carbonyl (C=O) groups is 2. The summed E-state index contributed by atoms with van der Waals surface area (Å²) < 4.78 is 10.5. The Balaban J connectivity index is 3.73. The Morgan fingerprint density at radius 2 is 0.900 bits per heavy atom. The topological polar surface area (TPSA) is 72.8 Å². The Morgan fingerprint density at radius 3 is 1.38 bits per heavy atom. The van der Waals surface area contributed by atoms with Gasteiger partial charge >= 0.3 is 11.9 Å². The average Bonchev–Trinajstić information content (AvgIpc) is 3.12. The van der Waals surface area contributed by atoms with E-state index in [1.807, 2.05) is 12.2 Å². The molecule has 5 heteroatoms. The molecule has 0 aromatic heterocycles. The highest BCUT2D eigenvalue weighted by Gasteiger charge is 2.15. The lowest BCUT2D eigenvalue weighted by molar-refractivity contribution is -0.161. The first kappa shape index (κ1) is 46.8. The highest BCUT2D eigenvalue weighted by Crippen LogP contribution is 2.11. The fraction of sp³-hybridized carbons (Fsp3) is 0.600. The number of ether oxygens (including phenoxy) is 2. The van der Waals surface area contributed by atoms with Crippen molar-refractivity contribution < 1.29 is 24.2 Å². The lowest BCUT2D eigenvalue weighted by atomic mass is 10.1. The van der Waals surface area contributed by atoms with Crippen molar-refractivity contribution in [3.8, 4) is 0 Å². The average molecular weight is 693 g/mol. The van der Waals surface area contributed by atoms with Crippen LogP contribution in [0, 0.1) is 0 Å². The minimum atomic E-state index is -0.812. The van der Waals surface area contributed by atoms with E-state index in [2.05, 4.69) is 98.9 Å². The summed E-state index contributed by atoms with van der Waals surface area (Å²) in [4.78, 5) is 24.2. The summed E-state index contributed by atoms with van der Waals surface area (Å²) in [6.45, 7) is 3.91. The first-order chi connectivity index (χ1) is 24.6. The van der Waals surface area contributed by atoms with E-state index in [0.717, 1.165) is 70.6 Å². The zero-order valence-corrected chi connectivity index (χ0v) is 31.9. The van der Waals surface area contributed by atoms with E-state index in [-0.39, 0.29) is 31.6 Å². The zero-order chi connectivity index (χ0) is 36.4. The van der Waals surface area contributed by atoms with Gasteiger partial charge in [-0.2, -0.15) is 0 Å². The molecule has 0 spiro atoms. The minimum Gasteiger partial charge on any atom is -0.462 e. The van der Waals surface area contributed by atoms with Crippen LogP contribution in [0.25, 0.3) is 0 Å². The number of aliphatic hydroxyl groups is 1. The highest BCUT2D eigenvalue weighted by molar-refractivity contribution is 5.70. The summed E-state index contributed by atoms with van der Waals surface area (Å²) in [5, 5.41) is 9.55. The summed E-state index contributed by atoms with van der Waals surface area (Å²) >= 11 is 0. The van der Waals surface area contributed by atoms with Gasteiger partial charge in [-0.1, -0.05) is 156 Å². The van der Waals surface area contributed by atoms with Crippen molar-refractivity contribution in [2.45, 2.75) is 161 Å². The van der Waals surface area contributed by atoms with Crippen LogP contribution in [-0.4, -0.2) is 36.4 Å². The summed E-state index contributed by atoms with van der Waals surface area (Å²) in [6, 6.07) is 0. The van der Waals surface area contributed by atoms with Gasteiger partial charge in [0, 0.05) is 12.8 Å².